The van der Waals surface area contributed by atoms with Crippen molar-refractivity contribution in [2.24, 2.45) is 23.5 Å². The van der Waals surface area contributed by atoms with E-state index in [-0.39, 0.29) is 18.8 Å². The quantitative estimate of drug-likeness (QED) is 0.314. The largest absolute Gasteiger partial charge is 0.459 e. The minimum atomic E-state index is -1.75. The maximum absolute atomic E-state index is 12.8. The van der Waals surface area contributed by atoms with Crippen LogP contribution in [0, 0.1) is 17.8 Å². The number of hydrogen-bond acceptors (Lipinski definition) is 9. The number of ether oxygens (including phenoxy) is 1. The maximum atomic E-state index is 12.8. The van der Waals surface area contributed by atoms with E-state index in [0.29, 0.717) is 19.6 Å². The van der Waals surface area contributed by atoms with Crippen LogP contribution in [0.2, 0.25) is 0 Å². The van der Waals surface area contributed by atoms with Crippen LogP contribution in [-0.2, 0) is 9.53 Å². The van der Waals surface area contributed by atoms with Crippen LogP contribution in [0.3, 0.4) is 0 Å². The number of nitrogens with zero attached hydrogens (tertiary/aromatic N) is 1. The summed E-state index contributed by atoms with van der Waals surface area (Å²) in [4.78, 5) is 14.7. The molecule has 9 nitrogen and oxygen atoms in total. The van der Waals surface area contributed by atoms with Crippen molar-refractivity contribution in [2.75, 3.05) is 19.6 Å². The number of aliphatic hydroxyl groups excluding tert-OH is 3. The van der Waals surface area contributed by atoms with E-state index in [1.807, 2.05) is 11.8 Å². The van der Waals surface area contributed by atoms with Crippen LogP contribution in [0.4, 0.5) is 0 Å². The molecule has 1 unspecified atom stereocenters. The number of hydrogen-bond donors (Lipinski definition) is 6. The summed E-state index contributed by atoms with van der Waals surface area (Å²) in [5.74, 6) is -2.66. The van der Waals surface area contributed by atoms with Crippen molar-refractivity contribution in [1.82, 2.24) is 4.90 Å². The average molecular weight is 463 g/mol. The highest BCUT2D eigenvalue weighted by molar-refractivity contribution is 5.73. The molecule has 0 aromatic heterocycles. The van der Waals surface area contributed by atoms with Gasteiger partial charge in [0, 0.05) is 31.6 Å². The molecule has 0 spiro atoms. The van der Waals surface area contributed by atoms with Crippen LogP contribution >= 0.6 is 0 Å². The lowest BCUT2D eigenvalue weighted by Crippen LogP contribution is -2.60. The average Bonchev–Trinajstić information content (AvgIpc) is 2.72. The predicted octanol–water partition coefficient (Wildman–Crippen LogP) is -0.146. The van der Waals surface area contributed by atoms with E-state index < -0.39 is 59.5 Å². The molecular formula is C23H46N2O7. The second-order valence-corrected chi connectivity index (χ2v) is 10.3. The van der Waals surface area contributed by atoms with Crippen molar-refractivity contribution in [3.63, 3.8) is 0 Å². The molecule has 10 atom stereocenters. The third-order valence-corrected chi connectivity index (χ3v) is 7.19. The maximum Gasteiger partial charge on any atom is 0.311 e. The van der Waals surface area contributed by atoms with Crippen molar-refractivity contribution in [2.45, 2.75) is 103 Å². The first-order valence-corrected chi connectivity index (χ1v) is 11.7. The van der Waals surface area contributed by atoms with E-state index >= 15 is 0 Å². The van der Waals surface area contributed by atoms with Crippen molar-refractivity contribution in [1.29, 1.82) is 0 Å². The number of aliphatic hydroxyl groups is 5. The van der Waals surface area contributed by atoms with Crippen molar-refractivity contribution >= 4 is 5.97 Å². The van der Waals surface area contributed by atoms with Gasteiger partial charge in [-0.1, -0.05) is 20.8 Å². The molecule has 1 saturated heterocycles. The Hall–Kier alpha value is -0.810. The zero-order chi connectivity index (χ0) is 25.0. The molecule has 0 aromatic carbocycles. The predicted molar refractivity (Wildman–Crippen MR) is 122 cm³/mol. The van der Waals surface area contributed by atoms with Crippen LogP contribution < -0.4 is 5.73 Å². The fourth-order valence-electron chi connectivity index (χ4n) is 5.01. The Balaban J connectivity index is 3.44. The van der Waals surface area contributed by atoms with E-state index in [1.54, 1.807) is 20.8 Å². The molecule has 0 bridgehead atoms. The molecule has 0 saturated carbocycles. The van der Waals surface area contributed by atoms with Gasteiger partial charge in [0.25, 0.3) is 0 Å². The van der Waals surface area contributed by atoms with E-state index in [0.717, 1.165) is 0 Å². The van der Waals surface area contributed by atoms with Gasteiger partial charge in [-0.2, -0.15) is 0 Å². The highest BCUT2D eigenvalue weighted by Gasteiger charge is 2.47. The summed E-state index contributed by atoms with van der Waals surface area (Å²) in [7, 11) is 0. The molecule has 0 amide bonds. The Morgan fingerprint density at radius 2 is 1.66 bits per heavy atom. The Morgan fingerprint density at radius 3 is 2.16 bits per heavy atom. The Kier molecular flexibility index (Phi) is 10.5. The standard InChI is InChI=1S/C23H46N2O7/c1-8-17-23(7,31)20(28)16(5)25(10-9-24)12-13(2)11-22(6,30)19(27)14(3)18(26)15(4)21(29)32-17/h13-20,26-28,30-31H,8-12,24H2,1-7H3/t13-,14?,15-,16-,17-,18+,19-,20-,22-,23-/m1/s1. The topological polar surface area (TPSA) is 157 Å². The summed E-state index contributed by atoms with van der Waals surface area (Å²) < 4.78 is 5.55. The summed E-state index contributed by atoms with van der Waals surface area (Å²) in [5.41, 5.74) is 2.52. The van der Waals surface area contributed by atoms with Gasteiger partial charge in [0.15, 0.2) is 0 Å². The molecule has 1 heterocycles. The number of cyclic esters (lactones) is 1. The van der Waals surface area contributed by atoms with Gasteiger partial charge in [-0.25, -0.2) is 0 Å². The Labute approximate surface area is 192 Å². The lowest BCUT2D eigenvalue weighted by molar-refractivity contribution is -0.193. The summed E-state index contributed by atoms with van der Waals surface area (Å²) in [6.07, 6.45) is -4.34. The van der Waals surface area contributed by atoms with Crippen molar-refractivity contribution in [3.05, 3.63) is 0 Å². The molecule has 1 rings (SSSR count). The van der Waals surface area contributed by atoms with Crippen LogP contribution in [-0.4, -0.2) is 97.7 Å². The van der Waals surface area contributed by atoms with Crippen molar-refractivity contribution < 1.29 is 35.1 Å². The van der Waals surface area contributed by atoms with Gasteiger partial charge in [-0.05, 0) is 46.5 Å². The molecule has 32 heavy (non-hydrogen) atoms. The van der Waals surface area contributed by atoms with E-state index in [2.05, 4.69) is 0 Å². The van der Waals surface area contributed by atoms with Gasteiger partial charge in [0.2, 0.25) is 0 Å². The summed E-state index contributed by atoms with van der Waals surface area (Å²) in [6, 6.07) is -0.523. The number of carbonyl (C=O) groups excluding carboxylic acids is 1. The second-order valence-electron chi connectivity index (χ2n) is 10.3. The lowest BCUT2D eigenvalue weighted by atomic mass is 9.78. The number of carbonyl (C=O) groups is 1. The van der Waals surface area contributed by atoms with Gasteiger partial charge >= 0.3 is 5.97 Å². The lowest BCUT2D eigenvalue weighted by Gasteiger charge is -2.43. The van der Waals surface area contributed by atoms with E-state index in [1.165, 1.54) is 20.8 Å². The second kappa shape index (κ2) is 11.6. The summed E-state index contributed by atoms with van der Waals surface area (Å²) in [6.45, 7) is 12.7. The minimum absolute atomic E-state index is 0.0995. The Morgan fingerprint density at radius 1 is 1.09 bits per heavy atom. The number of nitrogens with two attached hydrogens (primary N) is 1. The Bertz CT molecular complexity index is 601. The first-order valence-electron chi connectivity index (χ1n) is 11.7. The van der Waals surface area contributed by atoms with Gasteiger partial charge in [0.1, 0.15) is 17.8 Å². The molecule has 190 valence electrons. The smallest absolute Gasteiger partial charge is 0.311 e. The zero-order valence-electron chi connectivity index (χ0n) is 20.7. The van der Waals surface area contributed by atoms with Crippen LogP contribution in [0.25, 0.3) is 0 Å². The van der Waals surface area contributed by atoms with Gasteiger partial charge < -0.3 is 36.0 Å². The molecule has 1 fully saturated rings. The van der Waals surface area contributed by atoms with Gasteiger partial charge in [-0.15, -0.1) is 0 Å². The zero-order valence-corrected chi connectivity index (χ0v) is 20.7. The highest BCUT2D eigenvalue weighted by Crippen LogP contribution is 2.32. The monoisotopic (exact) mass is 462 g/mol. The number of rotatable bonds is 3. The minimum Gasteiger partial charge on any atom is -0.459 e. The number of esters is 1. The molecule has 0 aliphatic carbocycles. The fraction of sp³-hybridized carbons (Fsp3) is 0.957. The fourth-order valence-corrected chi connectivity index (χ4v) is 5.01. The van der Waals surface area contributed by atoms with Crippen LogP contribution in [0.1, 0.15) is 61.3 Å². The van der Waals surface area contributed by atoms with Crippen LogP contribution in [0.5, 0.6) is 0 Å². The van der Waals surface area contributed by atoms with Gasteiger partial charge in [-0.3, -0.25) is 9.69 Å². The normalized spacial score (nSPS) is 46.2. The van der Waals surface area contributed by atoms with Crippen molar-refractivity contribution in [3.8, 4) is 0 Å². The van der Waals surface area contributed by atoms with Gasteiger partial charge in [0.05, 0.1) is 23.7 Å². The first kappa shape index (κ1) is 29.2. The van der Waals surface area contributed by atoms with E-state index in [9.17, 15) is 30.3 Å². The molecular weight excluding hydrogens is 416 g/mol. The molecule has 1 aliphatic rings. The highest BCUT2D eigenvalue weighted by atomic mass is 16.6. The summed E-state index contributed by atoms with van der Waals surface area (Å²) in [5, 5.41) is 54.9. The third kappa shape index (κ3) is 6.62. The molecule has 7 N–H and O–H groups in total. The first-order chi connectivity index (χ1) is 14.6. The molecule has 1 aliphatic heterocycles. The SMILES string of the molecule is CC[C@H]1OC(=O)[C@H](C)[C@@H](O)C(C)[C@@H](O)[C@](C)(O)C[C@@H](C)CN(CCN)[C@H](C)[C@@H](O)[C@]1(C)O. The molecule has 0 radical (unpaired) electrons. The summed E-state index contributed by atoms with van der Waals surface area (Å²) >= 11 is 0. The third-order valence-electron chi connectivity index (χ3n) is 7.19. The van der Waals surface area contributed by atoms with E-state index in [4.69, 9.17) is 10.5 Å². The molecule has 9 heteroatoms. The molecule has 0 aromatic rings. The van der Waals surface area contributed by atoms with Crippen LogP contribution in [0.15, 0.2) is 0 Å².